The van der Waals surface area contributed by atoms with Gasteiger partial charge < -0.3 is 4.90 Å². The Hall–Kier alpha value is -4.06. The zero-order chi connectivity index (χ0) is 38.2. The summed E-state index contributed by atoms with van der Waals surface area (Å²) in [6, 6.07) is 17.4. The molecule has 0 amide bonds. The number of benzene rings is 4. The van der Waals surface area contributed by atoms with Crippen LogP contribution in [0.25, 0.3) is 21.5 Å². The number of hydrogen-bond acceptors (Lipinski definition) is 5. The average molecular weight is 772 g/mol. The molecule has 53 heavy (non-hydrogen) atoms. The van der Waals surface area contributed by atoms with E-state index in [0.717, 1.165) is 104 Å². The predicted octanol–water partition coefficient (Wildman–Crippen LogP) is 9.74. The maximum absolute atomic E-state index is 11.9. The highest BCUT2D eigenvalue weighted by molar-refractivity contribution is 7.86. The lowest BCUT2D eigenvalue weighted by atomic mass is 9.78. The molecule has 0 radical (unpaired) electrons. The largest absolute Gasteiger partial charge is 0.344 e. The minimum atomic E-state index is -4.32. The molecule has 7 rings (SSSR count). The van der Waals surface area contributed by atoms with Crippen LogP contribution in [0.4, 0.5) is 11.4 Å². The van der Waals surface area contributed by atoms with Crippen molar-refractivity contribution in [1.82, 2.24) is 0 Å². The Balaban J connectivity index is 1.23. The molecule has 8 nitrogen and oxygen atoms in total. The zero-order valence-electron chi connectivity index (χ0n) is 30.7. The molecular formula is C42H44ClN2O6S2+. The van der Waals surface area contributed by atoms with Gasteiger partial charge in [0.25, 0.3) is 20.2 Å². The molecule has 0 unspecified atom stereocenters. The molecule has 0 saturated carbocycles. The van der Waals surface area contributed by atoms with Gasteiger partial charge in [-0.1, -0.05) is 55.8 Å². The molecular weight excluding hydrogens is 728 g/mol. The van der Waals surface area contributed by atoms with Crippen LogP contribution in [-0.4, -0.2) is 49.3 Å². The Morgan fingerprint density at radius 1 is 0.774 bits per heavy atom. The summed E-state index contributed by atoms with van der Waals surface area (Å²) in [6.07, 6.45) is 11.3. The summed E-state index contributed by atoms with van der Waals surface area (Å²) in [6.45, 7) is 14.5. The van der Waals surface area contributed by atoms with Crippen molar-refractivity contribution in [3.05, 3.63) is 118 Å². The molecule has 0 saturated heterocycles. The van der Waals surface area contributed by atoms with Crippen LogP contribution in [0, 0.1) is 0 Å². The molecule has 1 aliphatic carbocycles. The predicted molar refractivity (Wildman–Crippen MR) is 214 cm³/mol. The summed E-state index contributed by atoms with van der Waals surface area (Å²) < 4.78 is 69.0. The fraction of sp³-hybridized carbons (Fsp3) is 0.310. The first kappa shape index (κ1) is 37.3. The maximum atomic E-state index is 11.9. The van der Waals surface area contributed by atoms with Gasteiger partial charge in [0.1, 0.15) is 6.54 Å². The second-order valence-corrected chi connectivity index (χ2v) is 18.3. The lowest BCUT2D eigenvalue weighted by Crippen LogP contribution is -2.27. The van der Waals surface area contributed by atoms with Crippen molar-refractivity contribution in [1.29, 1.82) is 0 Å². The summed E-state index contributed by atoms with van der Waals surface area (Å²) >= 11 is 7.20. The van der Waals surface area contributed by atoms with Gasteiger partial charge in [0.05, 0.1) is 15.2 Å². The van der Waals surface area contributed by atoms with Crippen LogP contribution < -0.4 is 4.90 Å². The van der Waals surface area contributed by atoms with Gasteiger partial charge in [-0.3, -0.25) is 9.11 Å². The number of anilines is 1. The Bertz CT molecular complexity index is 2630. The summed E-state index contributed by atoms with van der Waals surface area (Å²) in [5, 5.41) is 4.16. The minimum Gasteiger partial charge on any atom is -0.344 e. The Morgan fingerprint density at radius 3 is 1.96 bits per heavy atom. The van der Waals surface area contributed by atoms with Crippen LogP contribution in [0.3, 0.4) is 0 Å². The van der Waals surface area contributed by atoms with Gasteiger partial charge in [0, 0.05) is 46.1 Å². The quantitative estimate of drug-likeness (QED) is 0.142. The molecule has 0 fully saturated rings. The molecule has 0 spiro atoms. The van der Waals surface area contributed by atoms with Crippen LogP contribution in [0.15, 0.2) is 117 Å². The number of halogens is 1. The van der Waals surface area contributed by atoms with E-state index in [2.05, 4.69) is 75.3 Å². The van der Waals surface area contributed by atoms with Crippen LogP contribution in [-0.2, 0) is 31.1 Å². The number of rotatable bonds is 7. The summed E-state index contributed by atoms with van der Waals surface area (Å²) in [5.41, 5.74) is 7.98. The minimum absolute atomic E-state index is 0.121. The van der Waals surface area contributed by atoms with E-state index < -0.39 is 31.1 Å². The standard InChI is InChI=1S/C42H43ClN2O6S2/c1-7-44-34-20-12-28-24-30(52(46,47)48)16-18-32(28)38(34)41(3,4)36(44)22-14-26-10-9-11-27(40(26)43)15-23-37-42(5,6)39-33-19-17-31(53(49,50)51)25-29(33)13-21-35(39)45(37)8-2/h12-25H,7-11H2,1-6H3,(H-,46,47,48,49,50,51)/p+1. The SMILES string of the molecule is CCN1C(=CC=C2CCCC(C=CC3=[N+](CC)c4ccc5cc(S(=O)(=O)O)ccc5c4C3(C)C)=C2Cl)C(C)(C)c2c1ccc1cc(S(=O)(=O)O)ccc21. The van der Waals surface area contributed by atoms with Crippen LogP contribution in [0.1, 0.15) is 71.9 Å². The van der Waals surface area contributed by atoms with Crippen LogP contribution in [0.5, 0.6) is 0 Å². The Morgan fingerprint density at radius 2 is 1.38 bits per heavy atom. The monoisotopic (exact) mass is 771 g/mol. The number of nitrogens with zero attached hydrogens (tertiary/aromatic N) is 2. The summed E-state index contributed by atoms with van der Waals surface area (Å²) in [7, 11) is -8.64. The number of hydrogen-bond donors (Lipinski definition) is 2. The molecule has 3 aliphatic rings. The second-order valence-electron chi connectivity index (χ2n) is 15.0. The van der Waals surface area contributed by atoms with E-state index in [9.17, 15) is 25.9 Å². The topological polar surface area (TPSA) is 115 Å². The highest BCUT2D eigenvalue weighted by Crippen LogP contribution is 2.51. The first-order valence-electron chi connectivity index (χ1n) is 17.9. The van der Waals surface area contributed by atoms with Gasteiger partial charge in [-0.05, 0) is 128 Å². The van der Waals surface area contributed by atoms with Crippen molar-refractivity contribution in [3.63, 3.8) is 0 Å². The summed E-state index contributed by atoms with van der Waals surface area (Å²) in [5.74, 6) is 0. The van der Waals surface area contributed by atoms with Gasteiger partial charge in [-0.15, -0.1) is 0 Å². The molecule has 11 heteroatoms. The third kappa shape index (κ3) is 6.18. The third-order valence-corrected chi connectivity index (χ3v) is 13.4. The van der Waals surface area contributed by atoms with Gasteiger partial charge >= 0.3 is 0 Å². The number of fused-ring (bicyclic) bond motifs is 6. The van der Waals surface area contributed by atoms with E-state index in [1.165, 1.54) is 24.3 Å². The van der Waals surface area contributed by atoms with Crippen LogP contribution in [0.2, 0.25) is 0 Å². The normalized spacial score (nSPS) is 20.1. The molecule has 0 atom stereocenters. The van der Waals surface area contributed by atoms with Gasteiger partial charge in [-0.2, -0.15) is 21.4 Å². The van der Waals surface area contributed by atoms with E-state index in [4.69, 9.17) is 11.6 Å². The van der Waals surface area contributed by atoms with Crippen molar-refractivity contribution >= 4 is 70.5 Å². The van der Waals surface area contributed by atoms with Crippen LogP contribution >= 0.6 is 11.6 Å². The van der Waals surface area contributed by atoms with E-state index in [-0.39, 0.29) is 9.79 Å². The van der Waals surface area contributed by atoms with E-state index in [0.29, 0.717) is 0 Å². The molecule has 0 aromatic heterocycles. The molecule has 0 bridgehead atoms. The number of likely N-dealkylation sites (N-methyl/N-ethyl adjacent to an activating group) is 1. The Kier molecular flexibility index (Phi) is 9.18. The fourth-order valence-electron chi connectivity index (χ4n) is 8.71. The first-order chi connectivity index (χ1) is 24.9. The maximum Gasteiger partial charge on any atom is 0.294 e. The van der Waals surface area contributed by atoms with Crippen molar-refractivity contribution in [2.75, 3.05) is 18.0 Å². The highest BCUT2D eigenvalue weighted by Gasteiger charge is 2.45. The van der Waals surface area contributed by atoms with E-state index >= 15 is 0 Å². The fourth-order valence-corrected chi connectivity index (χ4v) is 10.1. The highest BCUT2D eigenvalue weighted by atomic mass is 35.5. The molecule has 2 heterocycles. The lowest BCUT2D eigenvalue weighted by molar-refractivity contribution is -0.433. The molecule has 2 N–H and O–H groups in total. The summed E-state index contributed by atoms with van der Waals surface area (Å²) in [4.78, 5) is 2.06. The molecule has 2 aliphatic heterocycles. The number of allylic oxidation sites excluding steroid dienone is 8. The lowest BCUT2D eigenvalue weighted by Gasteiger charge is -2.26. The second kappa shape index (κ2) is 13.1. The van der Waals surface area contributed by atoms with Gasteiger partial charge in [-0.25, -0.2) is 0 Å². The van der Waals surface area contributed by atoms with Crippen molar-refractivity contribution < 1.29 is 30.5 Å². The Labute approximate surface area is 317 Å². The first-order valence-corrected chi connectivity index (χ1v) is 21.2. The zero-order valence-corrected chi connectivity index (χ0v) is 33.1. The molecule has 276 valence electrons. The van der Waals surface area contributed by atoms with Crippen molar-refractivity contribution in [2.24, 2.45) is 0 Å². The van der Waals surface area contributed by atoms with E-state index in [1.54, 1.807) is 12.1 Å². The third-order valence-electron chi connectivity index (χ3n) is 11.2. The molecule has 4 aromatic rings. The average Bonchev–Trinajstić information content (AvgIpc) is 3.47. The van der Waals surface area contributed by atoms with Crippen molar-refractivity contribution in [2.45, 2.75) is 81.4 Å². The van der Waals surface area contributed by atoms with Gasteiger partial charge in [0.2, 0.25) is 5.69 Å². The smallest absolute Gasteiger partial charge is 0.294 e. The van der Waals surface area contributed by atoms with E-state index in [1.807, 2.05) is 24.3 Å². The molecule has 4 aromatic carbocycles. The van der Waals surface area contributed by atoms with Gasteiger partial charge in [0.15, 0.2) is 5.71 Å². The van der Waals surface area contributed by atoms with Crippen molar-refractivity contribution in [3.8, 4) is 0 Å².